The van der Waals surface area contributed by atoms with Crippen molar-refractivity contribution in [2.24, 2.45) is 0 Å². The predicted octanol–water partition coefficient (Wildman–Crippen LogP) is 2.21. The standard InChI is InChI=1S/C12H20ClN3/c1-15(2)7-4-8-16(3)12-9-11(10-13)5-6-14-12/h5-6,9H,4,7-8,10H2,1-3H3. The Balaban J connectivity index is 2.48. The van der Waals surface area contributed by atoms with Gasteiger partial charge in [-0.15, -0.1) is 11.6 Å². The lowest BCUT2D eigenvalue weighted by Crippen LogP contribution is -2.24. The minimum Gasteiger partial charge on any atom is -0.360 e. The Morgan fingerprint density at radius 2 is 2.00 bits per heavy atom. The van der Waals surface area contributed by atoms with Gasteiger partial charge >= 0.3 is 0 Å². The fourth-order valence-corrected chi connectivity index (χ4v) is 1.66. The van der Waals surface area contributed by atoms with Gasteiger partial charge in [0.25, 0.3) is 0 Å². The monoisotopic (exact) mass is 241 g/mol. The maximum Gasteiger partial charge on any atom is 0.128 e. The molecule has 0 N–H and O–H groups in total. The van der Waals surface area contributed by atoms with E-state index >= 15 is 0 Å². The molecule has 1 aromatic heterocycles. The summed E-state index contributed by atoms with van der Waals surface area (Å²) in [6.07, 6.45) is 2.95. The highest BCUT2D eigenvalue weighted by Crippen LogP contribution is 2.12. The van der Waals surface area contributed by atoms with E-state index in [1.54, 1.807) is 0 Å². The van der Waals surface area contributed by atoms with Crippen molar-refractivity contribution in [2.75, 3.05) is 39.1 Å². The molecule has 16 heavy (non-hydrogen) atoms. The topological polar surface area (TPSA) is 19.4 Å². The van der Waals surface area contributed by atoms with Gasteiger partial charge in [-0.1, -0.05) is 0 Å². The Morgan fingerprint density at radius 1 is 1.25 bits per heavy atom. The van der Waals surface area contributed by atoms with Crippen LogP contribution in [0, 0.1) is 0 Å². The van der Waals surface area contributed by atoms with Crippen molar-refractivity contribution in [3.8, 4) is 0 Å². The zero-order valence-electron chi connectivity index (χ0n) is 10.3. The van der Waals surface area contributed by atoms with Crippen molar-refractivity contribution in [1.82, 2.24) is 9.88 Å². The quantitative estimate of drug-likeness (QED) is 0.712. The molecule has 0 aliphatic carbocycles. The second-order valence-electron chi connectivity index (χ2n) is 4.23. The molecule has 0 spiro atoms. The molecule has 0 atom stereocenters. The van der Waals surface area contributed by atoms with Crippen LogP contribution in [0.4, 0.5) is 5.82 Å². The second-order valence-corrected chi connectivity index (χ2v) is 4.50. The van der Waals surface area contributed by atoms with Gasteiger partial charge in [0.05, 0.1) is 0 Å². The Bertz CT molecular complexity index is 315. The van der Waals surface area contributed by atoms with Crippen LogP contribution in [0.2, 0.25) is 0 Å². The van der Waals surface area contributed by atoms with Crippen LogP contribution in [0.25, 0.3) is 0 Å². The maximum absolute atomic E-state index is 5.80. The third kappa shape index (κ3) is 4.37. The first-order chi connectivity index (χ1) is 7.63. The molecule has 0 unspecified atom stereocenters. The van der Waals surface area contributed by atoms with Crippen LogP contribution in [-0.2, 0) is 5.88 Å². The van der Waals surface area contributed by atoms with E-state index in [4.69, 9.17) is 11.6 Å². The van der Waals surface area contributed by atoms with Crippen molar-refractivity contribution in [3.63, 3.8) is 0 Å². The number of alkyl halides is 1. The minimum absolute atomic E-state index is 0.543. The molecule has 0 aliphatic rings. The van der Waals surface area contributed by atoms with Crippen LogP contribution in [0.5, 0.6) is 0 Å². The van der Waals surface area contributed by atoms with Crippen molar-refractivity contribution < 1.29 is 0 Å². The van der Waals surface area contributed by atoms with Crippen LogP contribution in [0.3, 0.4) is 0 Å². The Labute approximate surface area is 103 Å². The van der Waals surface area contributed by atoms with E-state index in [0.29, 0.717) is 5.88 Å². The van der Waals surface area contributed by atoms with E-state index in [-0.39, 0.29) is 0 Å². The predicted molar refractivity (Wildman–Crippen MR) is 70.2 cm³/mol. The molecule has 3 nitrogen and oxygen atoms in total. The number of aromatic nitrogens is 1. The van der Waals surface area contributed by atoms with Gasteiger partial charge in [0.2, 0.25) is 0 Å². The number of pyridine rings is 1. The molecule has 0 radical (unpaired) electrons. The number of hydrogen-bond donors (Lipinski definition) is 0. The molecular formula is C12H20ClN3. The summed E-state index contributed by atoms with van der Waals surface area (Å²) in [6, 6.07) is 3.99. The number of halogens is 1. The first-order valence-electron chi connectivity index (χ1n) is 5.50. The van der Waals surface area contributed by atoms with E-state index in [9.17, 15) is 0 Å². The third-order valence-corrected chi connectivity index (χ3v) is 2.76. The minimum atomic E-state index is 0.543. The highest BCUT2D eigenvalue weighted by atomic mass is 35.5. The average Bonchev–Trinajstić information content (AvgIpc) is 2.28. The van der Waals surface area contributed by atoms with Gasteiger partial charge in [0, 0.05) is 25.7 Å². The molecule has 1 rings (SSSR count). The van der Waals surface area contributed by atoms with E-state index in [1.807, 2.05) is 18.3 Å². The van der Waals surface area contributed by atoms with Crippen LogP contribution >= 0.6 is 11.6 Å². The summed E-state index contributed by atoms with van der Waals surface area (Å²) in [5.74, 6) is 1.54. The molecule has 0 bridgehead atoms. The normalized spacial score (nSPS) is 10.8. The third-order valence-electron chi connectivity index (χ3n) is 2.45. The van der Waals surface area contributed by atoms with Gasteiger partial charge in [-0.2, -0.15) is 0 Å². The van der Waals surface area contributed by atoms with E-state index < -0.39 is 0 Å². The SMILES string of the molecule is CN(C)CCCN(C)c1cc(CCl)ccn1. The molecule has 0 aliphatic heterocycles. The Morgan fingerprint density at radius 3 is 2.62 bits per heavy atom. The average molecular weight is 242 g/mol. The molecular weight excluding hydrogens is 222 g/mol. The van der Waals surface area contributed by atoms with Crippen LogP contribution in [0.15, 0.2) is 18.3 Å². The lowest BCUT2D eigenvalue weighted by molar-refractivity contribution is 0.401. The van der Waals surface area contributed by atoms with Crippen molar-refractivity contribution in [3.05, 3.63) is 23.9 Å². The summed E-state index contributed by atoms with van der Waals surface area (Å²) < 4.78 is 0. The first-order valence-corrected chi connectivity index (χ1v) is 6.03. The molecule has 0 fully saturated rings. The highest BCUT2D eigenvalue weighted by Gasteiger charge is 2.03. The van der Waals surface area contributed by atoms with Crippen LogP contribution in [0.1, 0.15) is 12.0 Å². The fraction of sp³-hybridized carbons (Fsp3) is 0.583. The number of anilines is 1. The summed E-state index contributed by atoms with van der Waals surface area (Å²) in [4.78, 5) is 8.70. The number of nitrogens with zero attached hydrogens (tertiary/aromatic N) is 3. The molecule has 1 aromatic rings. The fourth-order valence-electron chi connectivity index (χ4n) is 1.49. The molecule has 0 saturated carbocycles. The summed E-state index contributed by atoms with van der Waals surface area (Å²) in [7, 11) is 6.24. The van der Waals surface area contributed by atoms with Gasteiger partial charge in [-0.3, -0.25) is 0 Å². The molecule has 4 heteroatoms. The van der Waals surface area contributed by atoms with Crippen LogP contribution in [-0.4, -0.2) is 44.1 Å². The zero-order chi connectivity index (χ0) is 12.0. The number of hydrogen-bond acceptors (Lipinski definition) is 3. The summed E-state index contributed by atoms with van der Waals surface area (Å²) in [5, 5.41) is 0. The van der Waals surface area contributed by atoms with Crippen LogP contribution < -0.4 is 4.90 Å². The molecule has 0 saturated heterocycles. The molecule has 1 heterocycles. The molecule has 0 aromatic carbocycles. The van der Waals surface area contributed by atoms with Gasteiger partial charge in [-0.25, -0.2) is 4.98 Å². The van der Waals surface area contributed by atoms with Gasteiger partial charge < -0.3 is 9.80 Å². The maximum atomic E-state index is 5.80. The first kappa shape index (κ1) is 13.3. The number of rotatable bonds is 6. The smallest absolute Gasteiger partial charge is 0.128 e. The molecule has 90 valence electrons. The van der Waals surface area contributed by atoms with Crippen molar-refractivity contribution >= 4 is 17.4 Å². The Hall–Kier alpha value is -0.800. The summed E-state index contributed by atoms with van der Waals surface area (Å²) in [6.45, 7) is 2.11. The highest BCUT2D eigenvalue weighted by molar-refractivity contribution is 6.17. The van der Waals surface area contributed by atoms with Crippen molar-refractivity contribution in [2.45, 2.75) is 12.3 Å². The van der Waals surface area contributed by atoms with E-state index in [1.165, 1.54) is 0 Å². The van der Waals surface area contributed by atoms with E-state index in [0.717, 1.165) is 30.9 Å². The lowest BCUT2D eigenvalue weighted by Gasteiger charge is -2.19. The Kier molecular flexibility index (Phi) is 5.56. The zero-order valence-corrected chi connectivity index (χ0v) is 11.0. The molecule has 0 amide bonds. The van der Waals surface area contributed by atoms with Gasteiger partial charge in [0.1, 0.15) is 5.82 Å². The summed E-state index contributed by atoms with van der Waals surface area (Å²) in [5.41, 5.74) is 1.12. The lowest BCUT2D eigenvalue weighted by atomic mass is 10.3. The second kappa shape index (κ2) is 6.71. The van der Waals surface area contributed by atoms with E-state index in [2.05, 4.69) is 35.9 Å². The van der Waals surface area contributed by atoms with Gasteiger partial charge in [0.15, 0.2) is 0 Å². The van der Waals surface area contributed by atoms with Crippen molar-refractivity contribution in [1.29, 1.82) is 0 Å². The van der Waals surface area contributed by atoms with Gasteiger partial charge in [-0.05, 0) is 44.8 Å². The summed E-state index contributed by atoms with van der Waals surface area (Å²) >= 11 is 5.80. The largest absolute Gasteiger partial charge is 0.360 e.